The summed E-state index contributed by atoms with van der Waals surface area (Å²) in [6.07, 6.45) is 4.88. The highest BCUT2D eigenvalue weighted by Crippen LogP contribution is 2.44. The number of carbonyl (C=O) groups is 1. The van der Waals surface area contributed by atoms with Gasteiger partial charge in [0.05, 0.1) is 5.75 Å². The second-order valence-electron chi connectivity index (χ2n) is 6.85. The minimum Gasteiger partial charge on any atom is -0.481 e. The SMILES string of the molecule is CC(C)(C)[C@@H]1CCc2c(sc3ncnc(SCC(=O)O)c23)C1. The monoisotopic (exact) mass is 336 g/mol. The molecular formula is C16H20N2O2S2. The Balaban J connectivity index is 1.99. The van der Waals surface area contributed by atoms with Crippen molar-refractivity contribution < 1.29 is 9.90 Å². The number of nitrogens with zero attached hydrogens (tertiary/aromatic N) is 2. The molecule has 0 amide bonds. The van der Waals surface area contributed by atoms with Crippen molar-refractivity contribution in [2.75, 3.05) is 5.75 Å². The van der Waals surface area contributed by atoms with Crippen molar-refractivity contribution in [3.05, 3.63) is 16.8 Å². The van der Waals surface area contributed by atoms with Gasteiger partial charge in [0.15, 0.2) is 0 Å². The van der Waals surface area contributed by atoms with Gasteiger partial charge in [0.25, 0.3) is 0 Å². The fraction of sp³-hybridized carbons (Fsp3) is 0.562. The molecule has 3 rings (SSSR count). The van der Waals surface area contributed by atoms with Crippen LogP contribution >= 0.6 is 23.1 Å². The molecule has 1 N–H and O–H groups in total. The van der Waals surface area contributed by atoms with E-state index in [0.717, 1.165) is 28.1 Å². The highest BCUT2D eigenvalue weighted by atomic mass is 32.2. The van der Waals surface area contributed by atoms with Gasteiger partial charge in [0.2, 0.25) is 0 Å². The molecule has 0 saturated carbocycles. The summed E-state index contributed by atoms with van der Waals surface area (Å²) in [5.41, 5.74) is 1.68. The number of carboxylic acids is 1. The van der Waals surface area contributed by atoms with E-state index in [1.54, 1.807) is 17.7 Å². The molecule has 0 spiro atoms. The first kappa shape index (κ1) is 15.7. The maximum atomic E-state index is 10.8. The number of hydrogen-bond donors (Lipinski definition) is 1. The van der Waals surface area contributed by atoms with Crippen molar-refractivity contribution in [2.24, 2.45) is 11.3 Å². The standard InChI is InChI=1S/C16H20N2O2S2/c1-16(2,3)9-4-5-10-11(6-9)22-15-13(10)14(17-8-18-15)21-7-12(19)20/h8-9H,4-7H2,1-3H3,(H,19,20)/t9-/m1/s1. The van der Waals surface area contributed by atoms with Gasteiger partial charge in [-0.1, -0.05) is 32.5 Å². The Morgan fingerprint density at radius 1 is 1.45 bits per heavy atom. The van der Waals surface area contributed by atoms with Gasteiger partial charge >= 0.3 is 5.97 Å². The lowest BCUT2D eigenvalue weighted by molar-refractivity contribution is -0.133. The number of aryl methyl sites for hydroxylation is 1. The molecule has 118 valence electrons. The molecule has 0 aliphatic heterocycles. The van der Waals surface area contributed by atoms with Crippen LogP contribution in [0.5, 0.6) is 0 Å². The molecule has 0 aromatic carbocycles. The summed E-state index contributed by atoms with van der Waals surface area (Å²) in [5, 5.41) is 10.8. The van der Waals surface area contributed by atoms with Crippen molar-refractivity contribution in [1.82, 2.24) is 9.97 Å². The Morgan fingerprint density at radius 3 is 2.91 bits per heavy atom. The Kier molecular flexibility index (Phi) is 4.16. The van der Waals surface area contributed by atoms with E-state index in [0.29, 0.717) is 11.3 Å². The Hall–Kier alpha value is -1.14. The number of hydrogen-bond acceptors (Lipinski definition) is 5. The van der Waals surface area contributed by atoms with E-state index in [-0.39, 0.29) is 5.75 Å². The third-order valence-electron chi connectivity index (χ3n) is 4.37. The first-order valence-electron chi connectivity index (χ1n) is 7.46. The van der Waals surface area contributed by atoms with Gasteiger partial charge in [-0.25, -0.2) is 9.97 Å². The van der Waals surface area contributed by atoms with E-state index >= 15 is 0 Å². The van der Waals surface area contributed by atoms with Gasteiger partial charge in [0.1, 0.15) is 16.2 Å². The average molecular weight is 336 g/mol. The molecule has 0 saturated heterocycles. The second kappa shape index (κ2) is 5.81. The first-order valence-corrected chi connectivity index (χ1v) is 9.26. The number of thiophene rings is 1. The van der Waals surface area contributed by atoms with Crippen LogP contribution in [-0.2, 0) is 17.6 Å². The van der Waals surface area contributed by atoms with Gasteiger partial charge in [-0.05, 0) is 36.2 Å². The van der Waals surface area contributed by atoms with Gasteiger partial charge in [-0.15, -0.1) is 11.3 Å². The molecule has 0 radical (unpaired) electrons. The molecule has 1 aliphatic rings. The number of carboxylic acid groups (broad SMARTS) is 1. The quantitative estimate of drug-likeness (QED) is 0.677. The van der Waals surface area contributed by atoms with Crippen LogP contribution in [0.15, 0.2) is 11.4 Å². The van der Waals surface area contributed by atoms with Gasteiger partial charge in [-0.3, -0.25) is 4.79 Å². The molecule has 22 heavy (non-hydrogen) atoms. The summed E-state index contributed by atoms with van der Waals surface area (Å²) in [4.78, 5) is 22.0. The van der Waals surface area contributed by atoms with Crippen LogP contribution in [0.1, 0.15) is 37.6 Å². The minimum atomic E-state index is -0.811. The van der Waals surface area contributed by atoms with E-state index in [9.17, 15) is 4.79 Å². The first-order chi connectivity index (χ1) is 10.4. The predicted molar refractivity (Wildman–Crippen MR) is 90.7 cm³/mol. The summed E-state index contributed by atoms with van der Waals surface area (Å²) >= 11 is 3.05. The maximum Gasteiger partial charge on any atom is 0.313 e. The number of aliphatic carboxylic acids is 1. The Labute approximate surface area is 138 Å². The van der Waals surface area contributed by atoms with Crippen molar-refractivity contribution in [2.45, 2.75) is 45.1 Å². The molecule has 0 bridgehead atoms. The van der Waals surface area contributed by atoms with Crippen molar-refractivity contribution in [1.29, 1.82) is 0 Å². The maximum absolute atomic E-state index is 10.8. The summed E-state index contributed by atoms with van der Waals surface area (Å²) in [7, 11) is 0. The topological polar surface area (TPSA) is 63.1 Å². The molecule has 6 heteroatoms. The summed E-state index contributed by atoms with van der Waals surface area (Å²) in [6.45, 7) is 6.93. The van der Waals surface area contributed by atoms with E-state index < -0.39 is 5.97 Å². The molecule has 1 atom stereocenters. The molecular weight excluding hydrogens is 316 g/mol. The van der Waals surface area contributed by atoms with Crippen molar-refractivity contribution in [3.63, 3.8) is 0 Å². The smallest absolute Gasteiger partial charge is 0.313 e. The van der Waals surface area contributed by atoms with E-state index in [2.05, 4.69) is 30.7 Å². The van der Waals surface area contributed by atoms with Crippen LogP contribution < -0.4 is 0 Å². The van der Waals surface area contributed by atoms with Crippen LogP contribution in [0, 0.1) is 11.3 Å². The highest BCUT2D eigenvalue weighted by molar-refractivity contribution is 8.00. The molecule has 2 aromatic rings. The van der Waals surface area contributed by atoms with E-state index in [4.69, 9.17) is 5.11 Å². The normalized spacial score (nSPS) is 18.4. The lowest BCUT2D eigenvalue weighted by Crippen LogP contribution is -2.26. The largest absolute Gasteiger partial charge is 0.481 e. The number of aromatic nitrogens is 2. The molecule has 2 aromatic heterocycles. The Morgan fingerprint density at radius 2 is 2.23 bits per heavy atom. The van der Waals surface area contributed by atoms with Gasteiger partial charge < -0.3 is 5.11 Å². The van der Waals surface area contributed by atoms with Crippen LogP contribution in [0.4, 0.5) is 0 Å². The Bertz CT molecular complexity index is 719. The number of thioether (sulfide) groups is 1. The third kappa shape index (κ3) is 2.99. The lowest BCUT2D eigenvalue weighted by Gasteiger charge is -2.33. The molecule has 4 nitrogen and oxygen atoms in total. The van der Waals surface area contributed by atoms with Gasteiger partial charge in [-0.2, -0.15) is 0 Å². The summed E-state index contributed by atoms with van der Waals surface area (Å²) in [6, 6.07) is 0. The molecule has 2 heterocycles. The van der Waals surface area contributed by atoms with Gasteiger partial charge in [0, 0.05) is 10.3 Å². The minimum absolute atomic E-state index is 0.0430. The lowest BCUT2D eigenvalue weighted by atomic mass is 9.72. The fourth-order valence-electron chi connectivity index (χ4n) is 3.06. The molecule has 0 unspecified atom stereocenters. The van der Waals surface area contributed by atoms with Crippen molar-refractivity contribution >= 4 is 39.3 Å². The zero-order chi connectivity index (χ0) is 15.9. The zero-order valence-electron chi connectivity index (χ0n) is 13.0. The number of rotatable bonds is 3. The van der Waals surface area contributed by atoms with Crippen LogP contribution in [-0.4, -0.2) is 26.8 Å². The highest BCUT2D eigenvalue weighted by Gasteiger charge is 2.31. The molecule has 0 fully saturated rings. The molecule has 1 aliphatic carbocycles. The van der Waals surface area contributed by atoms with E-state index in [1.165, 1.54) is 28.6 Å². The predicted octanol–water partition coefficient (Wildman–Crippen LogP) is 4.02. The summed E-state index contributed by atoms with van der Waals surface area (Å²) < 4.78 is 0. The number of fused-ring (bicyclic) bond motifs is 3. The van der Waals surface area contributed by atoms with Crippen molar-refractivity contribution in [3.8, 4) is 0 Å². The van der Waals surface area contributed by atoms with Crippen LogP contribution in [0.3, 0.4) is 0 Å². The fourth-order valence-corrected chi connectivity index (χ4v) is 5.14. The average Bonchev–Trinajstić information content (AvgIpc) is 2.82. The third-order valence-corrected chi connectivity index (χ3v) is 6.50. The van der Waals surface area contributed by atoms with Crippen LogP contribution in [0.25, 0.3) is 10.2 Å². The van der Waals surface area contributed by atoms with E-state index in [1.807, 2.05) is 0 Å². The zero-order valence-corrected chi connectivity index (χ0v) is 14.7. The summed E-state index contributed by atoms with van der Waals surface area (Å²) in [5.74, 6) is -0.0776. The van der Waals surface area contributed by atoms with Crippen LogP contribution in [0.2, 0.25) is 0 Å². The second-order valence-corrected chi connectivity index (χ2v) is 8.90.